The van der Waals surface area contributed by atoms with Gasteiger partial charge in [0.05, 0.1) is 24.0 Å². The Balaban J connectivity index is 2.09. The monoisotopic (exact) mass is 374 g/mol. The summed E-state index contributed by atoms with van der Waals surface area (Å²) in [5, 5.41) is 0.747. The van der Waals surface area contributed by atoms with Crippen molar-refractivity contribution in [3.8, 4) is 5.75 Å². The average Bonchev–Trinajstić information content (AvgIpc) is 2.59. The zero-order valence-electron chi connectivity index (χ0n) is 16.2. The van der Waals surface area contributed by atoms with E-state index in [1.165, 1.54) is 0 Å². The number of halogens is 1. The van der Waals surface area contributed by atoms with E-state index in [0.29, 0.717) is 13.3 Å². The van der Waals surface area contributed by atoms with Crippen LogP contribution in [0.5, 0.6) is 5.75 Å². The molecule has 1 aliphatic rings. The van der Waals surface area contributed by atoms with E-state index in [0.717, 1.165) is 57.5 Å². The molecule has 26 heavy (non-hydrogen) atoms. The molecule has 5 heteroatoms. The molecule has 0 saturated heterocycles. The van der Waals surface area contributed by atoms with Crippen LogP contribution < -0.4 is 9.64 Å². The Bertz CT molecular complexity index is 780. The topological polar surface area (TPSA) is 34.6 Å². The summed E-state index contributed by atoms with van der Waals surface area (Å²) >= 11 is 6.22. The van der Waals surface area contributed by atoms with Crippen LogP contribution in [-0.2, 0) is 11.3 Å². The summed E-state index contributed by atoms with van der Waals surface area (Å²) in [4.78, 5) is 6.96. The number of anilines is 2. The fourth-order valence-corrected chi connectivity index (χ4v) is 3.88. The lowest BCUT2D eigenvalue weighted by Crippen LogP contribution is -2.30. The van der Waals surface area contributed by atoms with Crippen LogP contribution in [0, 0.1) is 20.8 Å². The third kappa shape index (κ3) is 3.67. The molecule has 0 amide bonds. The molecule has 0 saturated carbocycles. The van der Waals surface area contributed by atoms with E-state index in [2.05, 4.69) is 32.6 Å². The van der Waals surface area contributed by atoms with Crippen molar-refractivity contribution in [2.24, 2.45) is 0 Å². The number of fused-ring (bicyclic) bond motifs is 1. The van der Waals surface area contributed by atoms with Gasteiger partial charge in [0.15, 0.2) is 0 Å². The summed E-state index contributed by atoms with van der Waals surface area (Å²) < 4.78 is 12.2. The second kappa shape index (κ2) is 7.85. The summed E-state index contributed by atoms with van der Waals surface area (Å²) in [6.07, 6.45) is 2.16. The van der Waals surface area contributed by atoms with E-state index in [9.17, 15) is 0 Å². The standard InChI is InChI=1S/C21H27ClN2O2/c1-6-17(7-2)26-19-10-15(5)23-21-18(19)11-25-12-24(21)20-13(3)8-16(22)9-14(20)4/h8-10,17H,6-7,11-12H2,1-5H3. The van der Waals surface area contributed by atoms with Gasteiger partial charge in [0.25, 0.3) is 0 Å². The SMILES string of the molecule is CCC(CC)Oc1cc(C)nc2c1COCN2c1c(C)cc(Cl)cc1C. The van der Waals surface area contributed by atoms with E-state index < -0.39 is 0 Å². The number of hydrogen-bond donors (Lipinski definition) is 0. The van der Waals surface area contributed by atoms with Crippen LogP contribution >= 0.6 is 11.6 Å². The highest BCUT2D eigenvalue weighted by atomic mass is 35.5. The van der Waals surface area contributed by atoms with Crippen molar-refractivity contribution in [3.05, 3.63) is 45.6 Å². The predicted molar refractivity (Wildman–Crippen MR) is 107 cm³/mol. The molecule has 0 radical (unpaired) electrons. The molecule has 0 aliphatic carbocycles. The molecule has 2 aromatic rings. The van der Waals surface area contributed by atoms with Crippen molar-refractivity contribution >= 4 is 23.1 Å². The molecule has 3 rings (SSSR count). The van der Waals surface area contributed by atoms with Crippen molar-refractivity contribution in [1.82, 2.24) is 4.98 Å². The molecule has 1 aromatic carbocycles. The van der Waals surface area contributed by atoms with Crippen molar-refractivity contribution in [1.29, 1.82) is 0 Å². The maximum atomic E-state index is 6.29. The molecule has 0 bridgehead atoms. The highest BCUT2D eigenvalue weighted by Gasteiger charge is 2.27. The lowest BCUT2D eigenvalue weighted by atomic mass is 10.1. The van der Waals surface area contributed by atoms with E-state index in [-0.39, 0.29) is 6.10 Å². The van der Waals surface area contributed by atoms with Gasteiger partial charge < -0.3 is 14.4 Å². The molecular weight excluding hydrogens is 348 g/mol. The number of benzene rings is 1. The van der Waals surface area contributed by atoms with Crippen LogP contribution in [0.3, 0.4) is 0 Å². The lowest BCUT2D eigenvalue weighted by Gasteiger charge is -2.34. The number of aryl methyl sites for hydroxylation is 3. The highest BCUT2D eigenvalue weighted by Crippen LogP contribution is 2.40. The second-order valence-corrected chi connectivity index (χ2v) is 7.35. The first-order valence-corrected chi connectivity index (χ1v) is 9.61. The number of rotatable bonds is 5. The molecule has 0 fully saturated rings. The first-order valence-electron chi connectivity index (χ1n) is 9.23. The molecule has 1 aliphatic heterocycles. The smallest absolute Gasteiger partial charge is 0.144 e. The zero-order valence-corrected chi connectivity index (χ0v) is 17.0. The van der Waals surface area contributed by atoms with Gasteiger partial charge in [-0.15, -0.1) is 0 Å². The van der Waals surface area contributed by atoms with Gasteiger partial charge in [-0.05, 0) is 56.9 Å². The maximum absolute atomic E-state index is 6.29. The van der Waals surface area contributed by atoms with Crippen molar-refractivity contribution < 1.29 is 9.47 Å². The third-order valence-corrected chi connectivity index (χ3v) is 5.06. The molecular formula is C21H27ClN2O2. The van der Waals surface area contributed by atoms with Crippen LogP contribution in [0.1, 0.15) is 49.1 Å². The summed E-state index contributed by atoms with van der Waals surface area (Å²) in [5.74, 6) is 1.81. The number of pyridine rings is 1. The van der Waals surface area contributed by atoms with Gasteiger partial charge in [-0.25, -0.2) is 4.98 Å². The normalized spacial score (nSPS) is 13.9. The minimum Gasteiger partial charge on any atom is -0.490 e. The molecule has 0 atom stereocenters. The van der Waals surface area contributed by atoms with Gasteiger partial charge in [-0.2, -0.15) is 0 Å². The van der Waals surface area contributed by atoms with Crippen LogP contribution in [-0.4, -0.2) is 17.8 Å². The molecule has 0 spiro atoms. The van der Waals surface area contributed by atoms with Gasteiger partial charge in [0.1, 0.15) is 18.3 Å². The van der Waals surface area contributed by atoms with E-state index in [4.69, 9.17) is 26.1 Å². The van der Waals surface area contributed by atoms with Crippen LogP contribution in [0.4, 0.5) is 11.5 Å². The number of aromatic nitrogens is 1. The zero-order chi connectivity index (χ0) is 18.8. The van der Waals surface area contributed by atoms with Gasteiger partial charge in [-0.1, -0.05) is 25.4 Å². The minimum absolute atomic E-state index is 0.204. The number of ether oxygens (including phenoxy) is 2. The van der Waals surface area contributed by atoms with E-state index >= 15 is 0 Å². The Morgan fingerprint density at radius 3 is 2.42 bits per heavy atom. The second-order valence-electron chi connectivity index (χ2n) is 6.91. The van der Waals surface area contributed by atoms with Crippen molar-refractivity contribution in [2.75, 3.05) is 11.6 Å². The van der Waals surface area contributed by atoms with Gasteiger partial charge in [-0.3, -0.25) is 0 Å². The Hall–Kier alpha value is -1.78. The molecule has 2 heterocycles. The highest BCUT2D eigenvalue weighted by molar-refractivity contribution is 6.30. The quantitative estimate of drug-likeness (QED) is 0.657. The fourth-order valence-electron chi connectivity index (χ4n) is 3.55. The lowest BCUT2D eigenvalue weighted by molar-refractivity contribution is 0.109. The Kier molecular flexibility index (Phi) is 5.73. The fraction of sp³-hybridized carbons (Fsp3) is 0.476. The van der Waals surface area contributed by atoms with E-state index in [1.807, 2.05) is 25.1 Å². The summed E-state index contributed by atoms with van der Waals surface area (Å²) in [6, 6.07) is 5.98. The number of nitrogens with zero attached hydrogens (tertiary/aromatic N) is 2. The Labute approximate surface area is 161 Å². The van der Waals surface area contributed by atoms with Crippen LogP contribution in [0.2, 0.25) is 5.02 Å². The molecule has 140 valence electrons. The molecule has 1 aromatic heterocycles. The summed E-state index contributed by atoms with van der Waals surface area (Å²) in [5.41, 5.74) is 5.28. The minimum atomic E-state index is 0.204. The molecule has 0 unspecified atom stereocenters. The Morgan fingerprint density at radius 1 is 1.15 bits per heavy atom. The molecule has 0 N–H and O–H groups in total. The van der Waals surface area contributed by atoms with Crippen molar-refractivity contribution in [2.45, 2.75) is 60.2 Å². The summed E-state index contributed by atoms with van der Waals surface area (Å²) in [6.45, 7) is 11.4. The van der Waals surface area contributed by atoms with Gasteiger partial charge in [0.2, 0.25) is 0 Å². The third-order valence-electron chi connectivity index (χ3n) is 4.84. The van der Waals surface area contributed by atoms with Crippen LogP contribution in [0.25, 0.3) is 0 Å². The van der Waals surface area contributed by atoms with Crippen LogP contribution in [0.15, 0.2) is 18.2 Å². The maximum Gasteiger partial charge on any atom is 0.144 e. The summed E-state index contributed by atoms with van der Waals surface area (Å²) in [7, 11) is 0. The van der Waals surface area contributed by atoms with Gasteiger partial charge in [0, 0.05) is 16.8 Å². The average molecular weight is 375 g/mol. The first kappa shape index (κ1) is 19.0. The largest absolute Gasteiger partial charge is 0.490 e. The van der Waals surface area contributed by atoms with Crippen molar-refractivity contribution in [3.63, 3.8) is 0 Å². The Morgan fingerprint density at radius 2 is 1.81 bits per heavy atom. The molecule has 4 nitrogen and oxygen atoms in total. The van der Waals surface area contributed by atoms with Gasteiger partial charge >= 0.3 is 0 Å². The first-order chi connectivity index (χ1) is 12.4. The predicted octanol–water partition coefficient (Wildman–Crippen LogP) is 5.85. The van der Waals surface area contributed by atoms with E-state index in [1.54, 1.807) is 0 Å². The number of hydrogen-bond acceptors (Lipinski definition) is 4.